The fourth-order valence-corrected chi connectivity index (χ4v) is 8.66. The van der Waals surface area contributed by atoms with Crippen molar-refractivity contribution in [2.45, 2.75) is 115 Å². The van der Waals surface area contributed by atoms with Crippen molar-refractivity contribution in [3.63, 3.8) is 0 Å². The molecule has 2 aromatic heterocycles. The molecular formula is C38H45BN2O4. The van der Waals surface area contributed by atoms with Gasteiger partial charge in [-0.15, -0.1) is 0 Å². The highest BCUT2D eigenvalue weighted by Gasteiger charge is 2.42. The lowest BCUT2D eigenvalue weighted by Crippen LogP contribution is -2.37. The summed E-state index contributed by atoms with van der Waals surface area (Å²) in [4.78, 5) is 21.9. The second-order valence-corrected chi connectivity index (χ2v) is 14.9. The summed E-state index contributed by atoms with van der Waals surface area (Å²) in [5.74, 6) is 1.85. The van der Waals surface area contributed by atoms with E-state index in [0.717, 1.165) is 79.1 Å². The van der Waals surface area contributed by atoms with E-state index in [4.69, 9.17) is 26.7 Å². The third kappa shape index (κ3) is 6.30. The molecule has 3 unspecified atom stereocenters. The Kier molecular flexibility index (Phi) is 8.26. The van der Waals surface area contributed by atoms with Crippen LogP contribution < -0.4 is 5.72 Å². The van der Waals surface area contributed by atoms with E-state index in [2.05, 4.69) is 36.2 Å². The molecule has 3 aliphatic carbocycles. The van der Waals surface area contributed by atoms with E-state index in [0.29, 0.717) is 35.8 Å². The summed E-state index contributed by atoms with van der Waals surface area (Å²) in [6.07, 6.45) is 9.25. The minimum absolute atomic E-state index is 0.0644. The van der Waals surface area contributed by atoms with Crippen LogP contribution in [-0.4, -0.2) is 41.6 Å². The number of furan rings is 1. The third-order valence-corrected chi connectivity index (χ3v) is 10.6. The van der Waals surface area contributed by atoms with Gasteiger partial charge in [0.25, 0.3) is 0 Å². The first-order valence-corrected chi connectivity index (χ1v) is 17.0. The minimum atomic E-state index is -0.431. The molecule has 2 aromatic carbocycles. The number of nitrogens with zero attached hydrogens (tertiary/aromatic N) is 2. The number of hydrogen-bond acceptors (Lipinski definition) is 6. The molecule has 3 aliphatic rings. The number of benzene rings is 2. The zero-order valence-corrected chi connectivity index (χ0v) is 27.1. The number of carbonyl (C=O) groups is 1. The van der Waals surface area contributed by atoms with Crippen LogP contribution in [0.25, 0.3) is 22.1 Å². The Morgan fingerprint density at radius 1 is 0.978 bits per heavy atom. The average Bonchev–Trinajstić information content (AvgIpc) is 3.56. The van der Waals surface area contributed by atoms with Gasteiger partial charge in [0.1, 0.15) is 16.7 Å². The summed E-state index contributed by atoms with van der Waals surface area (Å²) < 4.78 is 19.1. The van der Waals surface area contributed by atoms with E-state index in [-0.39, 0.29) is 24.1 Å². The van der Waals surface area contributed by atoms with Gasteiger partial charge in [-0.05, 0) is 113 Å². The first-order valence-electron chi connectivity index (χ1n) is 17.0. The maximum Gasteiger partial charge on any atom is 0.306 e. The van der Waals surface area contributed by atoms with E-state index in [1.165, 1.54) is 11.1 Å². The lowest BCUT2D eigenvalue weighted by molar-refractivity contribution is -0.156. The summed E-state index contributed by atoms with van der Waals surface area (Å²) in [5.41, 5.74) is 6.11. The molecule has 45 heavy (non-hydrogen) atoms. The van der Waals surface area contributed by atoms with E-state index >= 15 is 0 Å². The number of aryl methyl sites for hydroxylation is 1. The molecule has 0 N–H and O–H groups in total. The van der Waals surface area contributed by atoms with Crippen LogP contribution in [0, 0.1) is 17.8 Å². The Morgan fingerprint density at radius 2 is 1.73 bits per heavy atom. The number of fused-ring (bicyclic) bond motifs is 4. The summed E-state index contributed by atoms with van der Waals surface area (Å²) in [7, 11) is 6.26. The highest BCUT2D eigenvalue weighted by atomic mass is 16.6. The van der Waals surface area contributed by atoms with E-state index in [9.17, 15) is 4.79 Å². The molecule has 4 aromatic rings. The molecule has 0 spiro atoms. The summed E-state index contributed by atoms with van der Waals surface area (Å²) in [5, 5.41) is 0.978. The first-order chi connectivity index (χ1) is 21.6. The predicted octanol–water partition coefficient (Wildman–Crippen LogP) is 7.71. The monoisotopic (exact) mass is 604 g/mol. The van der Waals surface area contributed by atoms with Crippen molar-refractivity contribution in [3.05, 3.63) is 65.4 Å². The van der Waals surface area contributed by atoms with Gasteiger partial charge in [0, 0.05) is 23.6 Å². The number of carbonyl (C=O) groups excluding carboxylic acids is 1. The highest BCUT2D eigenvalue weighted by Crippen LogP contribution is 2.49. The van der Waals surface area contributed by atoms with Crippen molar-refractivity contribution in [3.8, 4) is 0 Å². The van der Waals surface area contributed by atoms with Gasteiger partial charge >= 0.3 is 5.97 Å². The summed E-state index contributed by atoms with van der Waals surface area (Å²) >= 11 is 0. The Bertz CT molecular complexity index is 1680. The van der Waals surface area contributed by atoms with E-state index < -0.39 is 5.60 Å². The average molecular weight is 605 g/mol. The number of para-hydroxylation sites is 1. The standard InChI is InChI=1S/C38H45BN2O4/c1-22-19-26(21-29(22)35-36-34(40-37(39)41-35)28-11-7-8-12-30(28)44-36)43-31-18-17-24-9-5-6-10-27(24)33(31)25-15-13-23(14-16-25)20-32(42)45-38(2,3)4/h5-12,22-23,25-26,29,31,33H,13-21H2,1-4H3/t22-,23?,25?,26+,29?,31?,33?/m1/s1. The molecule has 0 saturated heterocycles. The molecule has 7 heteroatoms. The maximum absolute atomic E-state index is 12.5. The largest absolute Gasteiger partial charge is 0.460 e. The molecule has 6 nitrogen and oxygen atoms in total. The Balaban J connectivity index is 1.08. The topological polar surface area (TPSA) is 74.5 Å². The van der Waals surface area contributed by atoms with Gasteiger partial charge in [0.15, 0.2) is 13.4 Å². The second kappa shape index (κ2) is 12.2. The van der Waals surface area contributed by atoms with Gasteiger partial charge in [-0.1, -0.05) is 43.3 Å². The van der Waals surface area contributed by atoms with Crippen LogP contribution in [0.5, 0.6) is 0 Å². The quantitative estimate of drug-likeness (QED) is 0.166. The fourth-order valence-electron chi connectivity index (χ4n) is 8.66. The minimum Gasteiger partial charge on any atom is -0.460 e. The van der Waals surface area contributed by atoms with Gasteiger partial charge in [-0.3, -0.25) is 4.79 Å². The molecule has 7 rings (SSSR count). The number of ether oxygens (including phenoxy) is 2. The molecule has 2 radical (unpaired) electrons. The van der Waals surface area contributed by atoms with Crippen molar-refractivity contribution in [1.29, 1.82) is 0 Å². The molecule has 0 bridgehead atoms. The lowest BCUT2D eigenvalue weighted by Gasteiger charge is -2.42. The van der Waals surface area contributed by atoms with Gasteiger partial charge in [0.05, 0.1) is 23.6 Å². The first kappa shape index (κ1) is 30.5. The van der Waals surface area contributed by atoms with E-state index in [1.54, 1.807) is 0 Å². The number of hydrogen-bond donors (Lipinski definition) is 0. The third-order valence-electron chi connectivity index (χ3n) is 10.6. The SMILES string of the molecule is [B]c1nc(C2C[C@@H](OC3CCc4ccccc4C3C3CCC(CC(=O)OC(C)(C)C)CC3)C[C@H]2C)c2oc3ccccc3c2n1. The number of esters is 1. The lowest BCUT2D eigenvalue weighted by atomic mass is 9.67. The van der Waals surface area contributed by atoms with Crippen LogP contribution in [0.3, 0.4) is 0 Å². The summed E-state index contributed by atoms with van der Waals surface area (Å²) in [6.45, 7) is 8.13. The molecule has 0 amide bonds. The van der Waals surface area contributed by atoms with Crippen LogP contribution in [0.1, 0.15) is 108 Å². The summed E-state index contributed by atoms with van der Waals surface area (Å²) in [6, 6.07) is 17.0. The van der Waals surface area contributed by atoms with Gasteiger partial charge < -0.3 is 13.9 Å². The predicted molar refractivity (Wildman–Crippen MR) is 178 cm³/mol. The van der Waals surface area contributed by atoms with Crippen molar-refractivity contribution in [2.24, 2.45) is 17.8 Å². The molecule has 234 valence electrons. The normalized spacial score (nSPS) is 28.8. The second-order valence-electron chi connectivity index (χ2n) is 14.9. The van der Waals surface area contributed by atoms with Crippen molar-refractivity contribution < 1.29 is 18.7 Å². The van der Waals surface area contributed by atoms with Gasteiger partial charge in [0.2, 0.25) is 0 Å². The zero-order valence-electron chi connectivity index (χ0n) is 27.1. The van der Waals surface area contributed by atoms with Crippen LogP contribution in [0.15, 0.2) is 52.9 Å². The van der Waals surface area contributed by atoms with Crippen molar-refractivity contribution >= 4 is 41.6 Å². The van der Waals surface area contributed by atoms with Crippen LogP contribution in [0.2, 0.25) is 0 Å². The smallest absolute Gasteiger partial charge is 0.306 e. The zero-order chi connectivity index (χ0) is 31.3. The fraction of sp³-hybridized carbons (Fsp3) is 0.553. The van der Waals surface area contributed by atoms with Crippen LogP contribution in [-0.2, 0) is 20.7 Å². The van der Waals surface area contributed by atoms with Gasteiger partial charge in [-0.25, -0.2) is 9.97 Å². The molecular weight excluding hydrogens is 559 g/mol. The van der Waals surface area contributed by atoms with Crippen LogP contribution >= 0.6 is 0 Å². The maximum atomic E-state index is 12.5. The number of aromatic nitrogens is 2. The van der Waals surface area contributed by atoms with E-state index in [1.807, 2.05) is 45.0 Å². The Morgan fingerprint density at radius 3 is 2.53 bits per heavy atom. The number of rotatable bonds is 6. The van der Waals surface area contributed by atoms with Crippen molar-refractivity contribution in [2.75, 3.05) is 0 Å². The Labute approximate surface area is 268 Å². The Hall–Kier alpha value is -3.19. The van der Waals surface area contributed by atoms with Crippen LogP contribution in [0.4, 0.5) is 0 Å². The molecule has 2 saturated carbocycles. The highest BCUT2D eigenvalue weighted by molar-refractivity contribution is 6.29. The van der Waals surface area contributed by atoms with Crippen molar-refractivity contribution in [1.82, 2.24) is 9.97 Å². The molecule has 2 fully saturated rings. The molecule has 2 heterocycles. The van der Waals surface area contributed by atoms with Gasteiger partial charge in [-0.2, -0.15) is 0 Å². The molecule has 0 aliphatic heterocycles. The molecule has 5 atom stereocenters.